The van der Waals surface area contributed by atoms with Crippen LogP contribution in [0.2, 0.25) is 0 Å². The number of carbonyl (C=O) groups is 2. The Bertz CT molecular complexity index is 779. The van der Waals surface area contributed by atoms with Crippen LogP contribution < -0.4 is 0 Å². The first-order valence-corrected chi connectivity index (χ1v) is 8.01. The maximum atomic E-state index is 12.6. The van der Waals surface area contributed by atoms with Crippen molar-refractivity contribution in [3.05, 3.63) is 65.6 Å². The zero-order chi connectivity index (χ0) is 17.8. The number of aliphatic hydroxyl groups is 1. The second kappa shape index (κ2) is 7.36. The molecule has 0 saturated carbocycles. The minimum Gasteiger partial charge on any atom is -0.507 e. The summed E-state index contributed by atoms with van der Waals surface area (Å²) in [5.74, 6) is -1.11. The van der Waals surface area contributed by atoms with Crippen molar-refractivity contribution in [1.82, 2.24) is 4.90 Å². The molecule has 1 unspecified atom stereocenters. The zero-order valence-corrected chi connectivity index (χ0v) is 13.8. The first-order chi connectivity index (χ1) is 12.1. The molecule has 1 N–H and O–H groups in total. The van der Waals surface area contributed by atoms with Crippen LogP contribution in [0.15, 0.2) is 58.7 Å². The van der Waals surface area contributed by atoms with Crippen LogP contribution in [0.25, 0.3) is 5.76 Å². The molecule has 1 aliphatic rings. The molecule has 6 heteroatoms. The van der Waals surface area contributed by atoms with Crippen LogP contribution in [0.1, 0.15) is 23.8 Å². The summed E-state index contributed by atoms with van der Waals surface area (Å²) in [7, 11) is 1.58. The second-order valence-corrected chi connectivity index (χ2v) is 5.72. The van der Waals surface area contributed by atoms with Crippen molar-refractivity contribution in [3.63, 3.8) is 0 Å². The Hall–Kier alpha value is -2.86. The highest BCUT2D eigenvalue weighted by Crippen LogP contribution is 2.39. The number of benzene rings is 1. The van der Waals surface area contributed by atoms with Crippen LogP contribution >= 0.6 is 0 Å². The van der Waals surface area contributed by atoms with Gasteiger partial charge in [-0.25, -0.2) is 0 Å². The van der Waals surface area contributed by atoms with E-state index in [-0.39, 0.29) is 11.3 Å². The van der Waals surface area contributed by atoms with E-state index >= 15 is 0 Å². The van der Waals surface area contributed by atoms with Crippen molar-refractivity contribution in [2.24, 2.45) is 0 Å². The Morgan fingerprint density at radius 1 is 1.20 bits per heavy atom. The van der Waals surface area contributed by atoms with E-state index in [1.807, 2.05) is 6.07 Å². The maximum Gasteiger partial charge on any atom is 0.295 e. The van der Waals surface area contributed by atoms with E-state index in [4.69, 9.17) is 9.15 Å². The van der Waals surface area contributed by atoms with E-state index < -0.39 is 17.7 Å². The molecule has 1 fully saturated rings. The summed E-state index contributed by atoms with van der Waals surface area (Å²) in [6, 6.07) is 11.3. The zero-order valence-electron chi connectivity index (χ0n) is 13.8. The summed E-state index contributed by atoms with van der Waals surface area (Å²) < 4.78 is 10.5. The Morgan fingerprint density at radius 2 is 1.96 bits per heavy atom. The van der Waals surface area contributed by atoms with E-state index in [1.54, 1.807) is 43.5 Å². The van der Waals surface area contributed by atoms with Gasteiger partial charge in [0.1, 0.15) is 17.6 Å². The fourth-order valence-electron chi connectivity index (χ4n) is 2.98. The third-order valence-electron chi connectivity index (χ3n) is 4.15. The van der Waals surface area contributed by atoms with Crippen molar-refractivity contribution in [2.75, 3.05) is 20.3 Å². The molecule has 1 aromatic heterocycles. The van der Waals surface area contributed by atoms with Gasteiger partial charge in [0.2, 0.25) is 0 Å². The van der Waals surface area contributed by atoms with E-state index in [2.05, 4.69) is 0 Å². The fourth-order valence-corrected chi connectivity index (χ4v) is 2.98. The number of likely N-dealkylation sites (tertiary alicyclic amines) is 1. The van der Waals surface area contributed by atoms with Gasteiger partial charge in [0.15, 0.2) is 0 Å². The molecule has 2 aromatic rings. The van der Waals surface area contributed by atoms with Gasteiger partial charge in [-0.05, 0) is 18.6 Å². The number of methoxy groups -OCH3 is 1. The minimum absolute atomic E-state index is 0.0450. The molecule has 130 valence electrons. The number of hydrogen-bond donors (Lipinski definition) is 1. The molecule has 0 aliphatic carbocycles. The lowest BCUT2D eigenvalue weighted by atomic mass is 9.99. The van der Waals surface area contributed by atoms with Gasteiger partial charge in [-0.3, -0.25) is 9.59 Å². The second-order valence-electron chi connectivity index (χ2n) is 5.72. The van der Waals surface area contributed by atoms with Crippen LogP contribution in [0.4, 0.5) is 0 Å². The Morgan fingerprint density at radius 3 is 2.60 bits per heavy atom. The lowest BCUT2D eigenvalue weighted by Crippen LogP contribution is -2.31. The van der Waals surface area contributed by atoms with Crippen LogP contribution in [0, 0.1) is 0 Å². The standard InChI is InChI=1S/C19H19NO5/c1-24-11-6-10-20-16(14-9-5-12-25-14)15(18(22)19(20)23)17(21)13-7-3-2-4-8-13/h2-5,7-9,12,16,21H,6,10-11H2,1H3/b17-15-. The average Bonchev–Trinajstić information content (AvgIpc) is 3.24. The highest BCUT2D eigenvalue weighted by Gasteiger charge is 2.47. The minimum atomic E-state index is -0.743. The predicted molar refractivity (Wildman–Crippen MR) is 90.7 cm³/mol. The van der Waals surface area contributed by atoms with E-state index in [0.717, 1.165) is 0 Å². The largest absolute Gasteiger partial charge is 0.507 e. The number of nitrogens with zero attached hydrogens (tertiary/aromatic N) is 1. The smallest absolute Gasteiger partial charge is 0.295 e. The summed E-state index contributed by atoms with van der Waals surface area (Å²) >= 11 is 0. The molecule has 6 nitrogen and oxygen atoms in total. The molecule has 3 rings (SSSR count). The first-order valence-electron chi connectivity index (χ1n) is 8.01. The van der Waals surface area contributed by atoms with Crippen molar-refractivity contribution >= 4 is 17.4 Å². The van der Waals surface area contributed by atoms with Crippen molar-refractivity contribution in [1.29, 1.82) is 0 Å². The van der Waals surface area contributed by atoms with Crippen LogP contribution in [-0.2, 0) is 14.3 Å². The molecule has 25 heavy (non-hydrogen) atoms. The third-order valence-corrected chi connectivity index (χ3v) is 4.15. The maximum absolute atomic E-state index is 12.6. The number of ether oxygens (including phenoxy) is 1. The molecule has 2 heterocycles. The van der Waals surface area contributed by atoms with Crippen molar-refractivity contribution < 1.29 is 23.8 Å². The predicted octanol–water partition coefficient (Wildman–Crippen LogP) is 2.74. The normalized spacial score (nSPS) is 19.6. The molecule has 1 saturated heterocycles. The third kappa shape index (κ3) is 3.21. The average molecular weight is 341 g/mol. The molecule has 0 radical (unpaired) electrons. The van der Waals surface area contributed by atoms with Gasteiger partial charge in [-0.1, -0.05) is 30.3 Å². The number of carbonyl (C=O) groups excluding carboxylic acids is 2. The summed E-state index contributed by atoms with van der Waals surface area (Å²) in [5, 5.41) is 10.7. The number of furan rings is 1. The van der Waals surface area contributed by atoms with Gasteiger partial charge in [0.05, 0.1) is 11.8 Å². The van der Waals surface area contributed by atoms with Crippen molar-refractivity contribution in [2.45, 2.75) is 12.5 Å². The van der Waals surface area contributed by atoms with E-state index in [0.29, 0.717) is 30.9 Å². The number of Topliss-reactive ketones (excluding diaryl/α,β-unsaturated/α-hetero) is 1. The van der Waals surface area contributed by atoms with Gasteiger partial charge in [0.25, 0.3) is 11.7 Å². The number of ketones is 1. The van der Waals surface area contributed by atoms with Crippen molar-refractivity contribution in [3.8, 4) is 0 Å². The van der Waals surface area contributed by atoms with Gasteiger partial charge in [0, 0.05) is 25.8 Å². The van der Waals surface area contributed by atoms with Crippen LogP contribution in [-0.4, -0.2) is 42.0 Å². The van der Waals surface area contributed by atoms with E-state index in [9.17, 15) is 14.7 Å². The van der Waals surface area contributed by atoms with Crippen LogP contribution in [0.3, 0.4) is 0 Å². The molecule has 1 aliphatic heterocycles. The van der Waals surface area contributed by atoms with E-state index in [1.165, 1.54) is 11.2 Å². The quantitative estimate of drug-likeness (QED) is 0.378. The Balaban J connectivity index is 2.06. The summed E-state index contributed by atoms with van der Waals surface area (Å²) in [6.07, 6.45) is 2.05. The molecular weight excluding hydrogens is 322 g/mol. The Kier molecular flexibility index (Phi) is 5.00. The lowest BCUT2D eigenvalue weighted by molar-refractivity contribution is -0.140. The number of rotatable bonds is 6. The van der Waals surface area contributed by atoms with Gasteiger partial charge >= 0.3 is 0 Å². The SMILES string of the molecule is COCCCN1C(=O)C(=O)/C(=C(\O)c2ccccc2)C1c1ccco1. The summed E-state index contributed by atoms with van der Waals surface area (Å²) in [6.45, 7) is 0.794. The number of aliphatic hydroxyl groups excluding tert-OH is 1. The topological polar surface area (TPSA) is 80.0 Å². The first kappa shape index (κ1) is 17.0. The molecule has 1 aromatic carbocycles. The molecule has 0 spiro atoms. The molecule has 1 amide bonds. The molecular formula is C19H19NO5. The molecule has 0 bridgehead atoms. The lowest BCUT2D eigenvalue weighted by Gasteiger charge is -2.23. The van der Waals surface area contributed by atoms with Gasteiger partial charge < -0.3 is 19.2 Å². The summed E-state index contributed by atoms with van der Waals surface area (Å²) in [5.41, 5.74) is 0.525. The molecule has 1 atom stereocenters. The fraction of sp³-hybridized carbons (Fsp3) is 0.263. The number of amides is 1. The summed E-state index contributed by atoms with van der Waals surface area (Å²) in [4.78, 5) is 26.5. The Labute approximate surface area is 145 Å². The highest BCUT2D eigenvalue weighted by atomic mass is 16.5. The van der Waals surface area contributed by atoms with Gasteiger partial charge in [-0.2, -0.15) is 0 Å². The highest BCUT2D eigenvalue weighted by molar-refractivity contribution is 6.46. The van der Waals surface area contributed by atoms with Crippen LogP contribution in [0.5, 0.6) is 0 Å². The van der Waals surface area contributed by atoms with Gasteiger partial charge in [-0.15, -0.1) is 0 Å². The monoisotopic (exact) mass is 341 g/mol. The number of hydrogen-bond acceptors (Lipinski definition) is 5.